The minimum atomic E-state index is -0.286. The molecule has 2 aliphatic heterocycles. The summed E-state index contributed by atoms with van der Waals surface area (Å²) in [4.78, 5) is 16.4. The molecule has 2 N–H and O–H groups in total. The molecular weight excluding hydrogens is 230 g/mol. The van der Waals surface area contributed by atoms with Crippen LogP contribution in [-0.4, -0.2) is 72.7 Å². The molecule has 3 unspecified atom stereocenters. The van der Waals surface area contributed by atoms with Crippen LogP contribution in [0.15, 0.2) is 0 Å². The number of hydrogen-bond acceptors (Lipinski definition) is 4. The Balaban J connectivity index is 2.05. The van der Waals surface area contributed by atoms with E-state index in [0.29, 0.717) is 12.6 Å². The molecule has 0 aromatic carbocycles. The first-order valence-corrected chi connectivity index (χ1v) is 6.94. The van der Waals surface area contributed by atoms with Crippen LogP contribution in [0.3, 0.4) is 0 Å². The average Bonchev–Trinajstić information content (AvgIpc) is 2.50. The largest absolute Gasteiger partial charge is 0.392 e. The molecule has 0 saturated carbocycles. The number of hydrogen-bond donors (Lipinski definition) is 2. The van der Waals surface area contributed by atoms with Crippen LogP contribution < -0.4 is 5.32 Å². The molecule has 1 amide bonds. The number of amides is 1. The van der Waals surface area contributed by atoms with E-state index < -0.39 is 0 Å². The van der Waals surface area contributed by atoms with Crippen LogP contribution in [0, 0.1) is 0 Å². The Morgan fingerprint density at radius 2 is 2.22 bits per heavy atom. The normalized spacial score (nSPS) is 34.7. The first-order valence-electron chi connectivity index (χ1n) is 6.94. The quantitative estimate of drug-likeness (QED) is 0.724. The van der Waals surface area contributed by atoms with Gasteiger partial charge in [0.25, 0.3) is 0 Å². The van der Waals surface area contributed by atoms with E-state index in [9.17, 15) is 9.90 Å². The summed E-state index contributed by atoms with van der Waals surface area (Å²) in [5.74, 6) is 0.144. The van der Waals surface area contributed by atoms with Gasteiger partial charge in [0.2, 0.25) is 5.91 Å². The van der Waals surface area contributed by atoms with E-state index in [2.05, 4.69) is 15.1 Å². The topological polar surface area (TPSA) is 55.8 Å². The molecule has 0 aromatic rings. The Morgan fingerprint density at radius 1 is 1.44 bits per heavy atom. The number of β-amino-alcohol motifs (C(OH)–C–C–N with tert-alkyl or cyclic N) is 1. The highest BCUT2D eigenvalue weighted by Gasteiger charge is 2.38. The fraction of sp³-hybridized carbons (Fsp3) is 0.923. The highest BCUT2D eigenvalue weighted by Crippen LogP contribution is 2.24. The molecule has 2 fully saturated rings. The molecule has 5 heteroatoms. The lowest BCUT2D eigenvalue weighted by atomic mass is 10.1. The van der Waals surface area contributed by atoms with Gasteiger partial charge in [-0.05, 0) is 39.8 Å². The fourth-order valence-electron chi connectivity index (χ4n) is 3.14. The third kappa shape index (κ3) is 3.22. The van der Waals surface area contributed by atoms with Crippen LogP contribution in [0.25, 0.3) is 0 Å². The molecule has 0 aromatic heterocycles. The third-order valence-corrected chi connectivity index (χ3v) is 3.92. The zero-order chi connectivity index (χ0) is 13.1. The number of nitrogens with one attached hydrogen (secondary N) is 1. The average molecular weight is 255 g/mol. The number of aliphatic hydroxyl groups excluding tert-OH is 1. The van der Waals surface area contributed by atoms with Crippen molar-refractivity contribution in [1.29, 1.82) is 0 Å². The molecule has 104 valence electrons. The van der Waals surface area contributed by atoms with Crippen LogP contribution in [0.2, 0.25) is 0 Å². The molecule has 2 saturated heterocycles. The lowest BCUT2D eigenvalue weighted by molar-refractivity contribution is -0.126. The van der Waals surface area contributed by atoms with Gasteiger partial charge >= 0.3 is 0 Å². The van der Waals surface area contributed by atoms with Gasteiger partial charge in [-0.25, -0.2) is 0 Å². The first kappa shape index (κ1) is 13.8. The summed E-state index contributed by atoms with van der Waals surface area (Å²) in [5, 5.41) is 12.9. The van der Waals surface area contributed by atoms with Crippen molar-refractivity contribution in [3.63, 3.8) is 0 Å². The van der Waals surface area contributed by atoms with E-state index in [1.807, 2.05) is 14.1 Å². The van der Waals surface area contributed by atoms with Crippen molar-refractivity contribution >= 4 is 5.91 Å². The summed E-state index contributed by atoms with van der Waals surface area (Å²) in [5.41, 5.74) is 0. The van der Waals surface area contributed by atoms with E-state index in [4.69, 9.17) is 0 Å². The van der Waals surface area contributed by atoms with Crippen molar-refractivity contribution in [1.82, 2.24) is 15.1 Å². The van der Waals surface area contributed by atoms with Crippen LogP contribution in [0.5, 0.6) is 0 Å². The molecule has 0 spiro atoms. The number of rotatable bonds is 3. The minimum absolute atomic E-state index is 0.0467. The van der Waals surface area contributed by atoms with Crippen LogP contribution >= 0.6 is 0 Å². The monoisotopic (exact) mass is 255 g/mol. The maximum atomic E-state index is 12.1. The smallest absolute Gasteiger partial charge is 0.237 e. The standard InChI is InChI=1S/C13H25N3O2/c1-15(2)8-10-7-11(17)9-16(10)12-5-3-4-6-14-13(12)18/h10-12,17H,3-9H2,1-2H3,(H,14,18). The summed E-state index contributed by atoms with van der Waals surface area (Å²) in [6.07, 6.45) is 3.57. The fourth-order valence-corrected chi connectivity index (χ4v) is 3.14. The number of likely N-dealkylation sites (tertiary alicyclic amines) is 1. The van der Waals surface area contributed by atoms with Crippen molar-refractivity contribution in [2.45, 2.75) is 43.9 Å². The summed E-state index contributed by atoms with van der Waals surface area (Å²) >= 11 is 0. The van der Waals surface area contributed by atoms with Gasteiger partial charge in [-0.15, -0.1) is 0 Å². The Labute approximate surface area is 109 Å². The predicted molar refractivity (Wildman–Crippen MR) is 70.3 cm³/mol. The van der Waals surface area contributed by atoms with E-state index in [0.717, 1.165) is 38.8 Å². The molecule has 5 nitrogen and oxygen atoms in total. The third-order valence-electron chi connectivity index (χ3n) is 3.92. The zero-order valence-corrected chi connectivity index (χ0v) is 11.4. The van der Waals surface area contributed by atoms with Crippen LogP contribution in [0.4, 0.5) is 0 Å². The maximum Gasteiger partial charge on any atom is 0.237 e. The van der Waals surface area contributed by atoms with Crippen molar-refractivity contribution in [2.24, 2.45) is 0 Å². The van der Waals surface area contributed by atoms with Gasteiger partial charge in [0.1, 0.15) is 0 Å². The lowest BCUT2D eigenvalue weighted by Crippen LogP contribution is -2.50. The summed E-state index contributed by atoms with van der Waals surface area (Å²) in [6, 6.07) is 0.249. The van der Waals surface area contributed by atoms with E-state index in [1.54, 1.807) is 0 Å². The summed E-state index contributed by atoms with van der Waals surface area (Å²) in [7, 11) is 4.08. The van der Waals surface area contributed by atoms with Crippen LogP contribution in [0.1, 0.15) is 25.7 Å². The number of aliphatic hydroxyl groups is 1. The van der Waals surface area contributed by atoms with Gasteiger partial charge < -0.3 is 15.3 Å². The SMILES string of the molecule is CN(C)CC1CC(O)CN1C1CCCCNC1=O. The second kappa shape index (κ2) is 5.99. The lowest BCUT2D eigenvalue weighted by Gasteiger charge is -2.32. The first-order chi connectivity index (χ1) is 8.58. The highest BCUT2D eigenvalue weighted by molar-refractivity contribution is 5.82. The van der Waals surface area contributed by atoms with E-state index >= 15 is 0 Å². The molecule has 18 heavy (non-hydrogen) atoms. The number of carbonyl (C=O) groups excluding carboxylic acids is 1. The second-order valence-corrected chi connectivity index (χ2v) is 5.80. The Morgan fingerprint density at radius 3 is 2.94 bits per heavy atom. The van der Waals surface area contributed by atoms with Gasteiger partial charge in [-0.1, -0.05) is 0 Å². The van der Waals surface area contributed by atoms with Crippen molar-refractivity contribution < 1.29 is 9.90 Å². The minimum Gasteiger partial charge on any atom is -0.392 e. The van der Waals surface area contributed by atoms with Gasteiger partial charge in [0.05, 0.1) is 12.1 Å². The molecule has 0 radical (unpaired) electrons. The Hall–Kier alpha value is -0.650. The maximum absolute atomic E-state index is 12.1. The van der Waals surface area contributed by atoms with Crippen molar-refractivity contribution in [2.75, 3.05) is 33.7 Å². The molecule has 0 aliphatic carbocycles. The van der Waals surface area contributed by atoms with Gasteiger partial charge in [-0.3, -0.25) is 9.69 Å². The summed E-state index contributed by atoms with van der Waals surface area (Å²) < 4.78 is 0. The summed E-state index contributed by atoms with van der Waals surface area (Å²) in [6.45, 7) is 2.33. The molecule has 3 atom stereocenters. The van der Waals surface area contributed by atoms with Crippen LogP contribution in [-0.2, 0) is 4.79 Å². The van der Waals surface area contributed by atoms with Gasteiger partial charge in [0.15, 0.2) is 0 Å². The number of likely N-dealkylation sites (N-methyl/N-ethyl adjacent to an activating group) is 1. The zero-order valence-electron chi connectivity index (χ0n) is 11.4. The number of nitrogens with zero attached hydrogens (tertiary/aromatic N) is 2. The Kier molecular flexibility index (Phi) is 4.59. The second-order valence-electron chi connectivity index (χ2n) is 5.80. The molecule has 2 heterocycles. The van der Waals surface area contributed by atoms with Crippen molar-refractivity contribution in [3.8, 4) is 0 Å². The van der Waals surface area contributed by atoms with E-state index in [1.165, 1.54) is 0 Å². The predicted octanol–water partition coefficient (Wildman–Crippen LogP) is -0.348. The molecule has 2 aliphatic rings. The molecule has 2 rings (SSSR count). The Bertz CT molecular complexity index is 296. The molecular formula is C13H25N3O2. The van der Waals surface area contributed by atoms with E-state index in [-0.39, 0.29) is 18.1 Å². The van der Waals surface area contributed by atoms with Gasteiger partial charge in [-0.2, -0.15) is 0 Å². The van der Waals surface area contributed by atoms with Gasteiger partial charge in [0, 0.05) is 25.7 Å². The van der Waals surface area contributed by atoms with Crippen molar-refractivity contribution in [3.05, 3.63) is 0 Å². The number of carbonyl (C=O) groups is 1. The molecule has 0 bridgehead atoms. The highest BCUT2D eigenvalue weighted by atomic mass is 16.3.